The van der Waals surface area contributed by atoms with Crippen LogP contribution in [0.5, 0.6) is 5.75 Å². The summed E-state index contributed by atoms with van der Waals surface area (Å²) in [4.78, 5) is 13.8. The van der Waals surface area contributed by atoms with Crippen LogP contribution in [0, 0.1) is 11.7 Å². The molecule has 0 aliphatic carbocycles. The first kappa shape index (κ1) is 14.8. The van der Waals surface area contributed by atoms with Gasteiger partial charge in [0.05, 0.1) is 11.5 Å². The third-order valence-electron chi connectivity index (χ3n) is 3.28. The Morgan fingerprint density at radius 2 is 2.25 bits per heavy atom. The Balaban J connectivity index is 2.06. The van der Waals surface area contributed by atoms with Crippen molar-refractivity contribution >= 4 is 5.91 Å². The molecule has 1 aliphatic heterocycles. The second-order valence-electron chi connectivity index (χ2n) is 5.97. The highest BCUT2D eigenvalue weighted by atomic mass is 19.1. The van der Waals surface area contributed by atoms with E-state index in [0.717, 1.165) is 0 Å². The van der Waals surface area contributed by atoms with Crippen LogP contribution >= 0.6 is 0 Å². The molecule has 0 bridgehead atoms. The van der Waals surface area contributed by atoms with Crippen molar-refractivity contribution in [2.75, 3.05) is 20.2 Å². The van der Waals surface area contributed by atoms with Gasteiger partial charge in [-0.15, -0.1) is 0 Å². The van der Waals surface area contributed by atoms with Crippen molar-refractivity contribution in [3.63, 3.8) is 0 Å². The van der Waals surface area contributed by atoms with Crippen molar-refractivity contribution in [1.82, 2.24) is 4.90 Å². The molecule has 1 aliphatic rings. The van der Waals surface area contributed by atoms with Crippen LogP contribution in [0.2, 0.25) is 0 Å². The summed E-state index contributed by atoms with van der Waals surface area (Å²) in [6.45, 7) is 3.84. The van der Waals surface area contributed by atoms with E-state index in [0.29, 0.717) is 17.7 Å². The van der Waals surface area contributed by atoms with E-state index in [4.69, 9.17) is 4.74 Å². The van der Waals surface area contributed by atoms with Gasteiger partial charge in [0.1, 0.15) is 18.2 Å². The van der Waals surface area contributed by atoms with Gasteiger partial charge in [-0.05, 0) is 44.0 Å². The van der Waals surface area contributed by atoms with Crippen LogP contribution in [0.4, 0.5) is 4.39 Å². The van der Waals surface area contributed by atoms with E-state index in [2.05, 4.69) is 0 Å². The van der Waals surface area contributed by atoms with Gasteiger partial charge in [0, 0.05) is 13.6 Å². The second-order valence-corrected chi connectivity index (χ2v) is 5.97. The van der Waals surface area contributed by atoms with E-state index >= 15 is 0 Å². The number of amides is 1. The molecule has 2 rings (SSSR count). The predicted octanol–water partition coefficient (Wildman–Crippen LogP) is 1.61. The number of carbonyl (C=O) groups is 1. The normalized spacial score (nSPS) is 18.1. The Kier molecular flexibility index (Phi) is 3.99. The molecule has 1 aromatic rings. The maximum Gasteiger partial charge on any atom is 0.229 e. The molecule has 0 fully saturated rings. The largest absolute Gasteiger partial charge is 0.492 e. The molecule has 1 aromatic carbocycles. The number of hydrogen-bond donors (Lipinski definition) is 1. The third-order valence-corrected chi connectivity index (χ3v) is 3.28. The molecular formula is C15H20FNO3. The minimum atomic E-state index is -0.941. The topological polar surface area (TPSA) is 49.8 Å². The number of benzene rings is 1. The zero-order valence-electron chi connectivity index (χ0n) is 12.0. The van der Waals surface area contributed by atoms with Gasteiger partial charge in [-0.3, -0.25) is 4.79 Å². The van der Waals surface area contributed by atoms with E-state index < -0.39 is 5.60 Å². The number of likely N-dealkylation sites (N-methyl/N-ethyl adjacent to an activating group) is 1. The summed E-state index contributed by atoms with van der Waals surface area (Å²) < 4.78 is 18.7. The van der Waals surface area contributed by atoms with Crippen molar-refractivity contribution in [2.24, 2.45) is 5.92 Å². The van der Waals surface area contributed by atoms with Crippen molar-refractivity contribution in [1.29, 1.82) is 0 Å². The quantitative estimate of drug-likeness (QED) is 0.915. The SMILES string of the molecule is CN(CC(C)(C)O)C(=O)C1COc2ccc(F)cc2C1. The van der Waals surface area contributed by atoms with Crippen LogP contribution in [0.25, 0.3) is 0 Å². The Labute approximate surface area is 118 Å². The maximum atomic E-state index is 13.2. The number of hydrogen-bond acceptors (Lipinski definition) is 3. The Bertz CT molecular complexity index is 510. The predicted molar refractivity (Wildman–Crippen MR) is 73.0 cm³/mol. The first-order valence-electron chi connectivity index (χ1n) is 6.65. The van der Waals surface area contributed by atoms with E-state index in [1.54, 1.807) is 27.0 Å². The van der Waals surface area contributed by atoms with Crippen LogP contribution in [0.15, 0.2) is 18.2 Å². The molecule has 4 nitrogen and oxygen atoms in total. The van der Waals surface area contributed by atoms with Gasteiger partial charge in [-0.1, -0.05) is 0 Å². The monoisotopic (exact) mass is 281 g/mol. The number of nitrogens with zero attached hydrogens (tertiary/aromatic N) is 1. The third kappa shape index (κ3) is 3.48. The molecule has 0 saturated heterocycles. The van der Waals surface area contributed by atoms with Crippen LogP contribution in [-0.4, -0.2) is 41.7 Å². The number of carbonyl (C=O) groups excluding carboxylic acids is 1. The summed E-state index contributed by atoms with van der Waals surface area (Å²) in [6.07, 6.45) is 0.460. The average Bonchev–Trinajstić information content (AvgIpc) is 2.34. The van der Waals surface area contributed by atoms with E-state index in [1.165, 1.54) is 17.0 Å². The van der Waals surface area contributed by atoms with E-state index in [-0.39, 0.29) is 30.8 Å². The van der Waals surface area contributed by atoms with Crippen molar-refractivity contribution in [2.45, 2.75) is 25.9 Å². The molecule has 0 saturated carbocycles. The fraction of sp³-hybridized carbons (Fsp3) is 0.533. The van der Waals surface area contributed by atoms with Gasteiger partial charge in [-0.2, -0.15) is 0 Å². The summed E-state index contributed by atoms with van der Waals surface area (Å²) in [5.41, 5.74) is -0.226. The smallest absolute Gasteiger partial charge is 0.229 e. The molecule has 1 heterocycles. The second kappa shape index (κ2) is 5.40. The Morgan fingerprint density at radius 3 is 2.90 bits per heavy atom. The standard InChI is InChI=1S/C15H20FNO3/c1-15(2,19)9-17(3)14(18)11-6-10-7-12(16)4-5-13(10)20-8-11/h4-5,7,11,19H,6,8-9H2,1-3H3. The van der Waals surface area contributed by atoms with E-state index in [9.17, 15) is 14.3 Å². The van der Waals surface area contributed by atoms with Crippen LogP contribution < -0.4 is 4.74 Å². The fourth-order valence-corrected chi connectivity index (χ4v) is 2.49. The number of rotatable bonds is 3. The molecule has 0 spiro atoms. The molecule has 1 amide bonds. The van der Waals surface area contributed by atoms with Crippen LogP contribution in [-0.2, 0) is 11.2 Å². The first-order valence-corrected chi connectivity index (χ1v) is 6.65. The molecule has 0 radical (unpaired) electrons. The van der Waals surface area contributed by atoms with Crippen molar-refractivity contribution in [3.05, 3.63) is 29.6 Å². The fourth-order valence-electron chi connectivity index (χ4n) is 2.49. The lowest BCUT2D eigenvalue weighted by molar-refractivity contribution is -0.138. The molecule has 5 heteroatoms. The molecular weight excluding hydrogens is 261 g/mol. The summed E-state index contributed by atoms with van der Waals surface area (Å²) >= 11 is 0. The summed E-state index contributed by atoms with van der Waals surface area (Å²) in [6, 6.07) is 4.35. The van der Waals surface area contributed by atoms with Gasteiger partial charge in [0.2, 0.25) is 5.91 Å². The number of fused-ring (bicyclic) bond motifs is 1. The first-order chi connectivity index (χ1) is 9.26. The van der Waals surface area contributed by atoms with Gasteiger partial charge in [0.15, 0.2) is 0 Å². The Morgan fingerprint density at radius 1 is 1.55 bits per heavy atom. The van der Waals surface area contributed by atoms with Crippen molar-refractivity contribution < 1.29 is 19.0 Å². The molecule has 1 N–H and O–H groups in total. The minimum absolute atomic E-state index is 0.0953. The number of aliphatic hydroxyl groups is 1. The average molecular weight is 281 g/mol. The lowest BCUT2D eigenvalue weighted by Crippen LogP contribution is -2.44. The minimum Gasteiger partial charge on any atom is -0.492 e. The van der Waals surface area contributed by atoms with Crippen LogP contribution in [0.3, 0.4) is 0 Å². The van der Waals surface area contributed by atoms with Gasteiger partial charge in [-0.25, -0.2) is 4.39 Å². The lowest BCUT2D eigenvalue weighted by Gasteiger charge is -2.31. The van der Waals surface area contributed by atoms with Gasteiger partial charge < -0.3 is 14.7 Å². The molecule has 1 atom stereocenters. The molecule has 0 aromatic heterocycles. The van der Waals surface area contributed by atoms with E-state index in [1.807, 2.05) is 0 Å². The molecule has 20 heavy (non-hydrogen) atoms. The number of ether oxygens (including phenoxy) is 1. The van der Waals surface area contributed by atoms with Crippen molar-refractivity contribution in [3.8, 4) is 5.75 Å². The highest BCUT2D eigenvalue weighted by molar-refractivity contribution is 5.79. The Hall–Kier alpha value is -1.62. The zero-order chi connectivity index (χ0) is 14.9. The number of halogens is 1. The molecule has 1 unspecified atom stereocenters. The lowest BCUT2D eigenvalue weighted by atomic mass is 9.95. The van der Waals surface area contributed by atoms with Gasteiger partial charge >= 0.3 is 0 Å². The summed E-state index contributed by atoms with van der Waals surface area (Å²) in [5.74, 6) is -0.121. The maximum absolute atomic E-state index is 13.2. The highest BCUT2D eigenvalue weighted by Gasteiger charge is 2.30. The highest BCUT2D eigenvalue weighted by Crippen LogP contribution is 2.28. The zero-order valence-corrected chi connectivity index (χ0v) is 12.0. The molecule has 110 valence electrons. The van der Waals surface area contributed by atoms with Crippen LogP contribution in [0.1, 0.15) is 19.4 Å². The summed E-state index contributed by atoms with van der Waals surface area (Å²) in [5, 5.41) is 9.75. The van der Waals surface area contributed by atoms with Gasteiger partial charge in [0.25, 0.3) is 0 Å². The summed E-state index contributed by atoms with van der Waals surface area (Å²) in [7, 11) is 1.65.